The van der Waals surface area contributed by atoms with Gasteiger partial charge in [-0.3, -0.25) is 4.79 Å². The van der Waals surface area contributed by atoms with Crippen LogP contribution in [0.3, 0.4) is 0 Å². The molecule has 15 heavy (non-hydrogen) atoms. The molecule has 0 saturated carbocycles. The van der Waals surface area contributed by atoms with Gasteiger partial charge in [0.05, 0.1) is 12.1 Å². The van der Waals surface area contributed by atoms with Crippen LogP contribution in [-0.4, -0.2) is 16.1 Å². The van der Waals surface area contributed by atoms with Crippen LogP contribution < -0.4 is 0 Å². The molecule has 0 saturated heterocycles. The molecule has 0 aliphatic heterocycles. The molecule has 0 fully saturated rings. The van der Waals surface area contributed by atoms with Crippen molar-refractivity contribution in [3.63, 3.8) is 0 Å². The maximum Gasteiger partial charge on any atom is 0.310 e. The second-order valence-electron chi connectivity index (χ2n) is 4.07. The van der Waals surface area contributed by atoms with Gasteiger partial charge in [-0.1, -0.05) is 13.3 Å². The molecule has 1 unspecified atom stereocenters. The molecule has 3 nitrogen and oxygen atoms in total. The number of hydrogen-bond acceptors (Lipinski definition) is 3. The predicted molar refractivity (Wildman–Crippen MR) is 59.3 cm³/mol. The van der Waals surface area contributed by atoms with Crippen molar-refractivity contribution in [1.82, 2.24) is 4.98 Å². The number of fused-ring (bicyclic) bond motifs is 1. The van der Waals surface area contributed by atoms with E-state index in [1.807, 2.05) is 0 Å². The first-order valence-corrected chi connectivity index (χ1v) is 6.20. The van der Waals surface area contributed by atoms with Gasteiger partial charge in [0.2, 0.25) is 0 Å². The van der Waals surface area contributed by atoms with E-state index in [0.29, 0.717) is 0 Å². The van der Waals surface area contributed by atoms with Gasteiger partial charge in [0.15, 0.2) is 0 Å². The molecule has 0 spiro atoms. The first-order chi connectivity index (χ1) is 7.19. The summed E-state index contributed by atoms with van der Waals surface area (Å²) >= 11 is 1.59. The van der Waals surface area contributed by atoms with Gasteiger partial charge in [0.25, 0.3) is 0 Å². The Morgan fingerprint density at radius 2 is 2.47 bits per heavy atom. The Hall–Kier alpha value is -0.900. The van der Waals surface area contributed by atoms with Crippen molar-refractivity contribution in [2.24, 2.45) is 5.92 Å². The molecule has 82 valence electrons. The normalized spacial score (nSPS) is 19.9. The number of nitrogens with zero attached hydrogens (tertiary/aromatic N) is 1. The number of carboxylic acids is 1. The summed E-state index contributed by atoms with van der Waals surface area (Å²) in [6.45, 7) is 2.22. The zero-order valence-corrected chi connectivity index (χ0v) is 9.64. The maximum atomic E-state index is 10.6. The van der Waals surface area contributed by atoms with Gasteiger partial charge in [-0.2, -0.15) is 0 Å². The molecule has 1 atom stereocenters. The number of aliphatic carboxylic acids is 1. The molecule has 1 N–H and O–H groups in total. The topological polar surface area (TPSA) is 50.2 Å². The molecule has 2 rings (SSSR count). The Morgan fingerprint density at radius 1 is 1.67 bits per heavy atom. The number of aryl methyl sites for hydroxylation is 1. The van der Waals surface area contributed by atoms with E-state index in [2.05, 4.69) is 11.9 Å². The van der Waals surface area contributed by atoms with Crippen molar-refractivity contribution in [2.75, 3.05) is 0 Å². The molecule has 0 amide bonds. The van der Waals surface area contributed by atoms with Crippen LogP contribution in [0.15, 0.2) is 0 Å². The van der Waals surface area contributed by atoms with Crippen molar-refractivity contribution in [2.45, 2.75) is 39.0 Å². The van der Waals surface area contributed by atoms with Crippen LogP contribution >= 0.6 is 11.3 Å². The highest BCUT2D eigenvalue weighted by Crippen LogP contribution is 2.31. The minimum Gasteiger partial charge on any atom is -0.481 e. The lowest BCUT2D eigenvalue weighted by molar-refractivity contribution is -0.136. The fourth-order valence-corrected chi connectivity index (χ4v) is 3.27. The Labute approximate surface area is 93.2 Å². The second-order valence-corrected chi connectivity index (χ2v) is 5.23. The fourth-order valence-electron chi connectivity index (χ4n) is 2.05. The van der Waals surface area contributed by atoms with E-state index in [-0.39, 0.29) is 6.42 Å². The molecular weight excluding hydrogens is 210 g/mol. The Bertz CT molecular complexity index is 373. The zero-order chi connectivity index (χ0) is 10.8. The average molecular weight is 225 g/mol. The quantitative estimate of drug-likeness (QED) is 0.858. The Kier molecular flexibility index (Phi) is 3.05. The molecule has 1 heterocycles. The van der Waals surface area contributed by atoms with Gasteiger partial charge in [-0.25, -0.2) is 4.98 Å². The largest absolute Gasteiger partial charge is 0.481 e. The van der Waals surface area contributed by atoms with Crippen molar-refractivity contribution in [3.05, 3.63) is 15.6 Å². The van der Waals surface area contributed by atoms with Gasteiger partial charge < -0.3 is 5.11 Å². The van der Waals surface area contributed by atoms with Crippen molar-refractivity contribution < 1.29 is 9.90 Å². The molecule has 0 bridgehead atoms. The summed E-state index contributed by atoms with van der Waals surface area (Å²) in [6.07, 6.45) is 4.63. The summed E-state index contributed by atoms with van der Waals surface area (Å²) in [5, 5.41) is 9.46. The number of hydrogen-bond donors (Lipinski definition) is 1. The van der Waals surface area contributed by atoms with Gasteiger partial charge in [-0.15, -0.1) is 11.3 Å². The lowest BCUT2D eigenvalue weighted by Crippen LogP contribution is -2.11. The highest BCUT2D eigenvalue weighted by Gasteiger charge is 2.21. The summed E-state index contributed by atoms with van der Waals surface area (Å²) in [4.78, 5) is 16.3. The number of carboxylic acid groups (broad SMARTS) is 1. The van der Waals surface area contributed by atoms with Crippen LogP contribution in [0.5, 0.6) is 0 Å². The molecule has 0 aromatic carbocycles. The van der Waals surface area contributed by atoms with Crippen molar-refractivity contribution >= 4 is 17.3 Å². The minimum atomic E-state index is -0.784. The third kappa shape index (κ3) is 2.37. The van der Waals surface area contributed by atoms with Crippen LogP contribution in [0.25, 0.3) is 0 Å². The van der Waals surface area contributed by atoms with Crippen molar-refractivity contribution in [3.8, 4) is 0 Å². The standard InChI is InChI=1S/C11H15NO2S/c1-2-7-3-4-8-9(5-7)15-10(12-8)6-11(13)14/h7H,2-6H2,1H3,(H,13,14). The van der Waals surface area contributed by atoms with E-state index in [4.69, 9.17) is 5.11 Å². The van der Waals surface area contributed by atoms with Gasteiger partial charge in [0.1, 0.15) is 5.01 Å². The van der Waals surface area contributed by atoms with E-state index in [9.17, 15) is 4.79 Å². The smallest absolute Gasteiger partial charge is 0.310 e. The number of thiazole rings is 1. The monoisotopic (exact) mass is 225 g/mol. The zero-order valence-electron chi connectivity index (χ0n) is 8.82. The van der Waals surface area contributed by atoms with E-state index >= 15 is 0 Å². The summed E-state index contributed by atoms with van der Waals surface area (Å²) in [5.41, 5.74) is 1.15. The summed E-state index contributed by atoms with van der Waals surface area (Å²) in [6, 6.07) is 0. The van der Waals surface area contributed by atoms with Gasteiger partial charge in [-0.05, 0) is 25.2 Å². The lowest BCUT2D eigenvalue weighted by atomic mass is 9.89. The first kappa shape index (κ1) is 10.6. The molecule has 4 heteroatoms. The number of aromatic nitrogens is 1. The molecule has 1 aliphatic carbocycles. The average Bonchev–Trinajstić information content (AvgIpc) is 2.57. The van der Waals surface area contributed by atoms with E-state index < -0.39 is 5.97 Å². The van der Waals surface area contributed by atoms with Crippen LogP contribution in [0, 0.1) is 5.92 Å². The molecule has 1 aliphatic rings. The fraction of sp³-hybridized carbons (Fsp3) is 0.636. The predicted octanol–water partition coefficient (Wildman–Crippen LogP) is 2.29. The summed E-state index contributed by atoms with van der Waals surface area (Å²) < 4.78 is 0. The molecule has 0 radical (unpaired) electrons. The lowest BCUT2D eigenvalue weighted by Gasteiger charge is -2.18. The maximum absolute atomic E-state index is 10.6. The molecule has 1 aromatic heterocycles. The summed E-state index contributed by atoms with van der Waals surface area (Å²) in [7, 11) is 0. The first-order valence-electron chi connectivity index (χ1n) is 5.38. The number of carbonyl (C=O) groups is 1. The van der Waals surface area contributed by atoms with Crippen LogP contribution in [0.4, 0.5) is 0 Å². The van der Waals surface area contributed by atoms with Crippen LogP contribution in [0.1, 0.15) is 35.3 Å². The minimum absolute atomic E-state index is 0.0778. The van der Waals surface area contributed by atoms with E-state index in [1.54, 1.807) is 11.3 Å². The van der Waals surface area contributed by atoms with E-state index in [1.165, 1.54) is 17.7 Å². The number of rotatable bonds is 3. The van der Waals surface area contributed by atoms with Crippen LogP contribution in [0.2, 0.25) is 0 Å². The highest BCUT2D eigenvalue weighted by molar-refractivity contribution is 7.11. The summed E-state index contributed by atoms with van der Waals surface area (Å²) in [5.74, 6) is -0.0104. The Morgan fingerprint density at radius 3 is 3.13 bits per heavy atom. The molecule has 1 aromatic rings. The van der Waals surface area contributed by atoms with Crippen molar-refractivity contribution in [1.29, 1.82) is 0 Å². The van der Waals surface area contributed by atoms with Gasteiger partial charge >= 0.3 is 5.97 Å². The second kappa shape index (κ2) is 4.31. The Balaban J connectivity index is 2.14. The van der Waals surface area contributed by atoms with E-state index in [0.717, 1.165) is 29.5 Å². The SMILES string of the molecule is CCC1CCc2nc(CC(=O)O)sc2C1. The van der Waals surface area contributed by atoms with Crippen LogP contribution in [-0.2, 0) is 24.1 Å². The molecular formula is C11H15NO2S. The highest BCUT2D eigenvalue weighted by atomic mass is 32.1. The van der Waals surface area contributed by atoms with Gasteiger partial charge in [0, 0.05) is 4.88 Å². The third-order valence-corrected chi connectivity index (χ3v) is 4.09. The third-order valence-electron chi connectivity index (χ3n) is 2.97.